The summed E-state index contributed by atoms with van der Waals surface area (Å²) >= 11 is 0. The summed E-state index contributed by atoms with van der Waals surface area (Å²) in [4.78, 5) is 27.8. The normalized spacial score (nSPS) is 15.2. The number of nitrogens with one attached hydrogen (secondary N) is 1. The monoisotopic (exact) mass is 328 g/mol. The van der Waals surface area contributed by atoms with Gasteiger partial charge in [0.25, 0.3) is 0 Å². The summed E-state index contributed by atoms with van der Waals surface area (Å²) in [6, 6.07) is 5.97. The Hall–Kier alpha value is -2.74. The van der Waals surface area contributed by atoms with Crippen LogP contribution in [0.4, 0.5) is 11.8 Å². The van der Waals surface area contributed by atoms with Gasteiger partial charge in [-0.25, -0.2) is 15.0 Å². The number of pyridine rings is 1. The number of carbonyl (C=O) groups is 1. The molecule has 1 fully saturated rings. The Labute approximate surface area is 140 Å². The maximum Gasteiger partial charge on any atom is 0.322 e. The molecule has 2 aromatic heterocycles. The Morgan fingerprint density at radius 2 is 1.88 bits per heavy atom. The zero-order valence-electron chi connectivity index (χ0n) is 13.3. The molecular formula is C16H20N6O2. The van der Waals surface area contributed by atoms with E-state index in [4.69, 9.17) is 5.11 Å². The van der Waals surface area contributed by atoms with Gasteiger partial charge in [0.05, 0.1) is 0 Å². The summed E-state index contributed by atoms with van der Waals surface area (Å²) in [7, 11) is 0. The fraction of sp³-hybridized carbons (Fsp3) is 0.375. The Balaban J connectivity index is 1.48. The highest BCUT2D eigenvalue weighted by Gasteiger charge is 2.18. The number of carboxylic acid groups (broad SMARTS) is 1. The van der Waals surface area contributed by atoms with E-state index in [1.165, 1.54) is 0 Å². The lowest BCUT2D eigenvalue weighted by atomic mass is 10.2. The summed E-state index contributed by atoms with van der Waals surface area (Å²) in [5, 5.41) is 11.3. The first-order valence-corrected chi connectivity index (χ1v) is 7.85. The van der Waals surface area contributed by atoms with E-state index in [1.54, 1.807) is 12.4 Å². The van der Waals surface area contributed by atoms with Gasteiger partial charge in [-0.1, -0.05) is 6.07 Å². The van der Waals surface area contributed by atoms with Gasteiger partial charge in [0.1, 0.15) is 12.4 Å². The molecule has 0 aliphatic carbocycles. The van der Waals surface area contributed by atoms with E-state index >= 15 is 0 Å². The van der Waals surface area contributed by atoms with Crippen LogP contribution in [-0.4, -0.2) is 63.7 Å². The number of nitrogens with zero attached hydrogens (tertiary/aromatic N) is 5. The second-order valence-electron chi connectivity index (χ2n) is 5.61. The highest BCUT2D eigenvalue weighted by atomic mass is 16.4. The van der Waals surface area contributed by atoms with Crippen molar-refractivity contribution >= 4 is 17.7 Å². The lowest BCUT2D eigenvalue weighted by Crippen LogP contribution is -2.46. The van der Waals surface area contributed by atoms with Gasteiger partial charge >= 0.3 is 5.97 Å². The molecule has 0 radical (unpaired) electrons. The largest absolute Gasteiger partial charge is 0.480 e. The van der Waals surface area contributed by atoms with Gasteiger partial charge in [-0.2, -0.15) is 0 Å². The number of carboxylic acids is 1. The van der Waals surface area contributed by atoms with Crippen molar-refractivity contribution in [3.05, 3.63) is 42.4 Å². The lowest BCUT2D eigenvalue weighted by Gasteiger charge is -2.35. The summed E-state index contributed by atoms with van der Waals surface area (Å²) in [6.07, 6.45) is 5.30. The number of hydrogen-bond donors (Lipinski definition) is 2. The van der Waals surface area contributed by atoms with Crippen LogP contribution in [0.5, 0.6) is 0 Å². The van der Waals surface area contributed by atoms with Crippen LogP contribution in [0.15, 0.2) is 36.8 Å². The van der Waals surface area contributed by atoms with Crippen molar-refractivity contribution in [2.45, 2.75) is 6.54 Å². The first kappa shape index (κ1) is 16.1. The summed E-state index contributed by atoms with van der Waals surface area (Å²) in [5.74, 6) is 0.420. The predicted molar refractivity (Wildman–Crippen MR) is 89.9 cm³/mol. The van der Waals surface area contributed by atoms with Crippen LogP contribution in [0.3, 0.4) is 0 Å². The van der Waals surface area contributed by atoms with Gasteiger partial charge in [0.15, 0.2) is 0 Å². The van der Waals surface area contributed by atoms with Crippen molar-refractivity contribution in [1.29, 1.82) is 0 Å². The van der Waals surface area contributed by atoms with Crippen molar-refractivity contribution in [3.63, 3.8) is 0 Å². The van der Waals surface area contributed by atoms with Gasteiger partial charge in [0, 0.05) is 56.9 Å². The van der Waals surface area contributed by atoms with E-state index in [0.717, 1.165) is 44.1 Å². The number of aromatic nitrogens is 3. The molecular weight excluding hydrogens is 308 g/mol. The van der Waals surface area contributed by atoms with Crippen LogP contribution in [0, 0.1) is 0 Å². The van der Waals surface area contributed by atoms with Crippen molar-refractivity contribution in [2.75, 3.05) is 42.9 Å². The Morgan fingerprint density at radius 1 is 1.12 bits per heavy atom. The van der Waals surface area contributed by atoms with Gasteiger partial charge in [0.2, 0.25) is 5.95 Å². The molecule has 0 spiro atoms. The topological polar surface area (TPSA) is 94.5 Å². The molecule has 8 heteroatoms. The molecule has 0 aromatic carbocycles. The Morgan fingerprint density at radius 3 is 2.50 bits per heavy atom. The first-order chi connectivity index (χ1) is 11.7. The number of aliphatic carboxylic acids is 1. The molecule has 1 saturated heterocycles. The van der Waals surface area contributed by atoms with Gasteiger partial charge < -0.3 is 15.3 Å². The molecule has 0 amide bonds. The van der Waals surface area contributed by atoms with E-state index in [-0.39, 0.29) is 6.54 Å². The molecule has 1 aliphatic rings. The quantitative estimate of drug-likeness (QED) is 0.800. The zero-order chi connectivity index (χ0) is 16.8. The average molecular weight is 328 g/mol. The number of hydrogen-bond acceptors (Lipinski definition) is 7. The van der Waals surface area contributed by atoms with Crippen LogP contribution >= 0.6 is 0 Å². The van der Waals surface area contributed by atoms with E-state index in [0.29, 0.717) is 5.95 Å². The summed E-state index contributed by atoms with van der Waals surface area (Å²) in [6.45, 7) is 4.39. The third-order valence-electron chi connectivity index (χ3n) is 3.85. The standard InChI is InChI=1S/C16H20N6O2/c23-15(24)11-20-16-18-9-13(10-19-16)12-21-5-7-22(8-6-21)14-3-1-2-4-17-14/h1-4,9-10H,5-8,11-12H2,(H,23,24)(H,18,19,20). The second-order valence-corrected chi connectivity index (χ2v) is 5.61. The van der Waals surface area contributed by atoms with Crippen LogP contribution in [-0.2, 0) is 11.3 Å². The van der Waals surface area contributed by atoms with Gasteiger partial charge in [-0.15, -0.1) is 0 Å². The molecule has 1 aliphatic heterocycles. The molecule has 2 N–H and O–H groups in total. The third-order valence-corrected chi connectivity index (χ3v) is 3.85. The van der Waals surface area contributed by atoms with Crippen molar-refractivity contribution < 1.29 is 9.90 Å². The molecule has 126 valence electrons. The molecule has 0 atom stereocenters. The highest BCUT2D eigenvalue weighted by molar-refractivity contribution is 5.71. The van der Waals surface area contributed by atoms with E-state index in [1.807, 2.05) is 24.4 Å². The highest BCUT2D eigenvalue weighted by Crippen LogP contribution is 2.14. The number of anilines is 2. The molecule has 0 saturated carbocycles. The molecule has 8 nitrogen and oxygen atoms in total. The maximum absolute atomic E-state index is 10.5. The van der Waals surface area contributed by atoms with E-state index in [9.17, 15) is 4.79 Å². The fourth-order valence-electron chi connectivity index (χ4n) is 2.62. The molecule has 0 unspecified atom stereocenters. The minimum Gasteiger partial charge on any atom is -0.480 e. The molecule has 3 heterocycles. The van der Waals surface area contributed by atoms with Crippen LogP contribution in [0.2, 0.25) is 0 Å². The molecule has 3 rings (SSSR count). The van der Waals surface area contributed by atoms with Crippen molar-refractivity contribution in [3.8, 4) is 0 Å². The van der Waals surface area contributed by atoms with Crippen LogP contribution in [0.1, 0.15) is 5.56 Å². The van der Waals surface area contributed by atoms with Crippen molar-refractivity contribution in [1.82, 2.24) is 19.9 Å². The average Bonchev–Trinajstić information content (AvgIpc) is 2.62. The predicted octanol–water partition coefficient (Wildman–Crippen LogP) is 0.690. The Kier molecular flexibility index (Phi) is 5.17. The van der Waals surface area contributed by atoms with Crippen LogP contribution < -0.4 is 10.2 Å². The van der Waals surface area contributed by atoms with Crippen LogP contribution in [0.25, 0.3) is 0 Å². The maximum atomic E-state index is 10.5. The lowest BCUT2D eigenvalue weighted by molar-refractivity contribution is -0.134. The number of rotatable bonds is 6. The van der Waals surface area contributed by atoms with Gasteiger partial charge in [-0.05, 0) is 12.1 Å². The van der Waals surface area contributed by atoms with Crippen molar-refractivity contribution in [2.24, 2.45) is 0 Å². The smallest absolute Gasteiger partial charge is 0.322 e. The minimum absolute atomic E-state index is 0.186. The summed E-state index contributed by atoms with van der Waals surface area (Å²) in [5.41, 5.74) is 1.02. The second kappa shape index (κ2) is 7.69. The van der Waals surface area contributed by atoms with Gasteiger partial charge in [-0.3, -0.25) is 9.69 Å². The summed E-state index contributed by atoms with van der Waals surface area (Å²) < 4.78 is 0. The zero-order valence-corrected chi connectivity index (χ0v) is 13.3. The minimum atomic E-state index is -0.937. The van der Waals surface area contributed by atoms with E-state index < -0.39 is 5.97 Å². The fourth-order valence-corrected chi connectivity index (χ4v) is 2.62. The molecule has 0 bridgehead atoms. The first-order valence-electron chi connectivity index (χ1n) is 7.85. The SMILES string of the molecule is O=C(O)CNc1ncc(CN2CCN(c3ccccn3)CC2)cn1. The third kappa shape index (κ3) is 4.39. The number of piperazine rings is 1. The molecule has 2 aromatic rings. The molecule has 24 heavy (non-hydrogen) atoms. The Bertz CT molecular complexity index is 656. The van der Waals surface area contributed by atoms with E-state index in [2.05, 4.69) is 30.1 Å².